The SMILES string of the molecule is CC(NCc1sccc1Br)c1c(Cl)ccc(F)c1Cl. The van der Waals surface area contributed by atoms with E-state index in [-0.39, 0.29) is 11.1 Å². The summed E-state index contributed by atoms with van der Waals surface area (Å²) < 4.78 is 14.5. The van der Waals surface area contributed by atoms with Crippen LogP contribution in [0.15, 0.2) is 28.1 Å². The topological polar surface area (TPSA) is 12.0 Å². The number of nitrogens with one attached hydrogen (secondary N) is 1. The van der Waals surface area contributed by atoms with Gasteiger partial charge in [-0.25, -0.2) is 4.39 Å². The van der Waals surface area contributed by atoms with Crippen molar-refractivity contribution in [3.63, 3.8) is 0 Å². The summed E-state index contributed by atoms with van der Waals surface area (Å²) in [6, 6.07) is 4.66. The molecule has 1 N–H and O–H groups in total. The summed E-state index contributed by atoms with van der Waals surface area (Å²) in [5.41, 5.74) is 0.594. The van der Waals surface area contributed by atoms with Crippen LogP contribution in [0, 0.1) is 5.82 Å². The zero-order valence-electron chi connectivity index (χ0n) is 10.0. The molecule has 0 saturated carbocycles. The third kappa shape index (κ3) is 3.50. The monoisotopic (exact) mass is 381 g/mol. The summed E-state index contributed by atoms with van der Waals surface area (Å²) in [4.78, 5) is 1.18. The Morgan fingerprint density at radius 3 is 2.74 bits per heavy atom. The summed E-state index contributed by atoms with van der Waals surface area (Å²) in [5, 5.41) is 5.85. The van der Waals surface area contributed by atoms with Crippen LogP contribution < -0.4 is 5.32 Å². The minimum Gasteiger partial charge on any atom is -0.305 e. The molecule has 0 aliphatic rings. The second-order valence-corrected chi connectivity index (χ2v) is 6.69. The Kier molecular flexibility index (Phi) is 5.26. The van der Waals surface area contributed by atoms with Gasteiger partial charge in [0.25, 0.3) is 0 Å². The lowest BCUT2D eigenvalue weighted by Crippen LogP contribution is -2.18. The summed E-state index contributed by atoms with van der Waals surface area (Å²) >= 11 is 17.2. The van der Waals surface area contributed by atoms with Gasteiger partial charge in [0.05, 0.1) is 5.02 Å². The molecule has 1 aromatic heterocycles. The van der Waals surface area contributed by atoms with Crippen LogP contribution in [-0.2, 0) is 6.54 Å². The Morgan fingerprint density at radius 1 is 1.37 bits per heavy atom. The molecule has 6 heteroatoms. The number of thiophene rings is 1. The Labute approximate surface area is 133 Å². The fraction of sp³-hybridized carbons (Fsp3) is 0.231. The van der Waals surface area contributed by atoms with E-state index in [0.29, 0.717) is 17.1 Å². The predicted octanol–water partition coefficient (Wildman–Crippen LogP) is 5.81. The average Bonchev–Trinajstić information content (AvgIpc) is 2.77. The lowest BCUT2D eigenvalue weighted by molar-refractivity contribution is 0.568. The van der Waals surface area contributed by atoms with Crippen LogP contribution in [0.25, 0.3) is 0 Å². The normalized spacial score (nSPS) is 12.7. The lowest BCUT2D eigenvalue weighted by Gasteiger charge is -2.17. The number of hydrogen-bond acceptors (Lipinski definition) is 2. The van der Waals surface area contributed by atoms with Crippen LogP contribution in [-0.4, -0.2) is 0 Å². The first-order chi connectivity index (χ1) is 9.00. The van der Waals surface area contributed by atoms with Crippen molar-refractivity contribution >= 4 is 50.5 Å². The van der Waals surface area contributed by atoms with Crippen molar-refractivity contribution in [2.24, 2.45) is 0 Å². The van der Waals surface area contributed by atoms with E-state index in [0.717, 1.165) is 4.47 Å². The molecular weight excluding hydrogens is 372 g/mol. The van der Waals surface area contributed by atoms with Gasteiger partial charge in [0.1, 0.15) is 5.82 Å². The third-order valence-corrected chi connectivity index (χ3v) is 5.41. The number of hydrogen-bond donors (Lipinski definition) is 1. The molecule has 1 atom stereocenters. The molecule has 0 fully saturated rings. The van der Waals surface area contributed by atoms with Crippen LogP contribution in [0.2, 0.25) is 10.0 Å². The minimum absolute atomic E-state index is 0.0812. The fourth-order valence-electron chi connectivity index (χ4n) is 1.74. The maximum absolute atomic E-state index is 13.5. The Balaban J connectivity index is 2.14. The van der Waals surface area contributed by atoms with E-state index in [4.69, 9.17) is 23.2 Å². The van der Waals surface area contributed by atoms with E-state index in [1.54, 1.807) is 11.3 Å². The van der Waals surface area contributed by atoms with Gasteiger partial charge >= 0.3 is 0 Å². The molecule has 0 amide bonds. The highest BCUT2D eigenvalue weighted by molar-refractivity contribution is 9.10. The number of rotatable bonds is 4. The van der Waals surface area contributed by atoms with Crippen molar-refractivity contribution in [3.8, 4) is 0 Å². The Bertz CT molecular complexity index is 588. The van der Waals surface area contributed by atoms with Crippen molar-refractivity contribution in [1.29, 1.82) is 0 Å². The minimum atomic E-state index is -0.452. The standard InChI is InChI=1S/C13H11BrCl2FNS/c1-7(18-6-11-8(14)4-5-19-11)12-9(15)2-3-10(17)13(12)16/h2-5,7,18H,6H2,1H3. The van der Waals surface area contributed by atoms with E-state index < -0.39 is 5.82 Å². The number of halogens is 4. The molecule has 0 aliphatic carbocycles. The molecule has 0 radical (unpaired) electrons. The summed E-state index contributed by atoms with van der Waals surface area (Å²) in [7, 11) is 0. The quantitative estimate of drug-likeness (QED) is 0.658. The van der Waals surface area contributed by atoms with Crippen LogP contribution in [0.3, 0.4) is 0 Å². The average molecular weight is 383 g/mol. The van der Waals surface area contributed by atoms with Gasteiger partial charge in [0, 0.05) is 32.5 Å². The maximum Gasteiger partial charge on any atom is 0.142 e. The van der Waals surface area contributed by atoms with Crippen molar-refractivity contribution in [2.45, 2.75) is 19.5 Å². The molecule has 1 heterocycles. The van der Waals surface area contributed by atoms with Crippen LogP contribution in [0.5, 0.6) is 0 Å². The molecule has 19 heavy (non-hydrogen) atoms. The summed E-state index contributed by atoms with van der Waals surface area (Å²) in [6.45, 7) is 2.58. The van der Waals surface area contributed by atoms with Gasteiger partial charge in [-0.1, -0.05) is 23.2 Å². The van der Waals surface area contributed by atoms with Gasteiger partial charge in [0.15, 0.2) is 0 Å². The van der Waals surface area contributed by atoms with Crippen molar-refractivity contribution in [2.75, 3.05) is 0 Å². The second-order valence-electron chi connectivity index (χ2n) is 4.05. The van der Waals surface area contributed by atoms with E-state index in [1.165, 1.54) is 17.0 Å². The first kappa shape index (κ1) is 15.3. The summed E-state index contributed by atoms with van der Waals surface area (Å²) in [6.07, 6.45) is 0. The zero-order valence-corrected chi connectivity index (χ0v) is 13.9. The molecule has 2 rings (SSSR count). The van der Waals surface area contributed by atoms with Crippen molar-refractivity contribution < 1.29 is 4.39 Å². The van der Waals surface area contributed by atoms with E-state index >= 15 is 0 Å². The first-order valence-corrected chi connectivity index (χ1v) is 8.02. The molecule has 102 valence electrons. The lowest BCUT2D eigenvalue weighted by atomic mass is 10.1. The Morgan fingerprint density at radius 2 is 2.11 bits per heavy atom. The van der Waals surface area contributed by atoms with Gasteiger partial charge in [-0.15, -0.1) is 11.3 Å². The van der Waals surface area contributed by atoms with Gasteiger partial charge in [-0.2, -0.15) is 0 Å². The van der Waals surface area contributed by atoms with Crippen LogP contribution in [0.4, 0.5) is 4.39 Å². The van der Waals surface area contributed by atoms with Gasteiger partial charge in [0.2, 0.25) is 0 Å². The largest absolute Gasteiger partial charge is 0.305 e. The molecule has 1 nitrogen and oxygen atoms in total. The molecular formula is C13H11BrCl2FNS. The van der Waals surface area contributed by atoms with Crippen LogP contribution >= 0.6 is 50.5 Å². The molecule has 1 unspecified atom stereocenters. The smallest absolute Gasteiger partial charge is 0.142 e. The van der Waals surface area contributed by atoms with Crippen molar-refractivity contribution in [3.05, 3.63) is 54.4 Å². The zero-order chi connectivity index (χ0) is 14.0. The molecule has 0 spiro atoms. The summed E-state index contributed by atoms with van der Waals surface area (Å²) in [5.74, 6) is -0.452. The van der Waals surface area contributed by atoms with E-state index in [9.17, 15) is 4.39 Å². The highest BCUT2D eigenvalue weighted by atomic mass is 79.9. The third-order valence-electron chi connectivity index (χ3n) is 2.77. The molecule has 0 saturated heterocycles. The molecule has 2 aromatic rings. The second kappa shape index (κ2) is 6.55. The molecule has 0 aliphatic heterocycles. The first-order valence-electron chi connectivity index (χ1n) is 5.59. The highest BCUT2D eigenvalue weighted by Gasteiger charge is 2.17. The van der Waals surface area contributed by atoms with Crippen LogP contribution in [0.1, 0.15) is 23.4 Å². The van der Waals surface area contributed by atoms with Crippen molar-refractivity contribution in [1.82, 2.24) is 5.32 Å². The Hall–Kier alpha value is -0.130. The van der Waals surface area contributed by atoms with Gasteiger partial charge in [-0.05, 0) is 46.4 Å². The molecule has 0 bridgehead atoms. The maximum atomic E-state index is 13.5. The highest BCUT2D eigenvalue weighted by Crippen LogP contribution is 2.33. The van der Waals surface area contributed by atoms with Gasteiger partial charge < -0.3 is 5.32 Å². The van der Waals surface area contributed by atoms with E-state index in [1.807, 2.05) is 18.4 Å². The predicted molar refractivity (Wildman–Crippen MR) is 83.7 cm³/mol. The van der Waals surface area contributed by atoms with Gasteiger partial charge in [-0.3, -0.25) is 0 Å². The number of benzene rings is 1. The fourth-order valence-corrected chi connectivity index (χ4v) is 3.88. The van der Waals surface area contributed by atoms with E-state index in [2.05, 4.69) is 21.2 Å². The molecule has 1 aromatic carbocycles.